The Morgan fingerprint density at radius 3 is 2.41 bits per heavy atom. The van der Waals surface area contributed by atoms with E-state index in [1.807, 2.05) is 0 Å². The van der Waals surface area contributed by atoms with Crippen LogP contribution in [0.2, 0.25) is 0 Å². The summed E-state index contributed by atoms with van der Waals surface area (Å²) in [5.41, 5.74) is 0. The van der Waals surface area contributed by atoms with Crippen LogP contribution in [0.4, 0.5) is 0 Å². The van der Waals surface area contributed by atoms with Gasteiger partial charge in [-0.05, 0) is 53.2 Å². The van der Waals surface area contributed by atoms with E-state index in [4.69, 9.17) is 4.74 Å². The average Bonchev–Trinajstić information content (AvgIpc) is 2.27. The number of likely N-dealkylation sites (N-methyl/N-ethyl adjacent to an activating group) is 1. The van der Waals surface area contributed by atoms with E-state index in [2.05, 4.69) is 45.0 Å². The molecule has 0 spiro atoms. The summed E-state index contributed by atoms with van der Waals surface area (Å²) >= 11 is 0. The Kier molecular flexibility index (Phi) is 10.9. The molecule has 0 amide bonds. The lowest BCUT2D eigenvalue weighted by Crippen LogP contribution is -2.30. The van der Waals surface area contributed by atoms with Crippen LogP contribution in [0.1, 0.15) is 47.0 Å². The van der Waals surface area contributed by atoms with Crippen LogP contribution in [0.5, 0.6) is 0 Å². The van der Waals surface area contributed by atoms with Gasteiger partial charge >= 0.3 is 0 Å². The second-order valence-electron chi connectivity index (χ2n) is 5.03. The fourth-order valence-electron chi connectivity index (χ4n) is 1.90. The van der Waals surface area contributed by atoms with E-state index in [0.29, 0.717) is 12.1 Å². The van der Waals surface area contributed by atoms with Crippen molar-refractivity contribution in [3.8, 4) is 0 Å². The lowest BCUT2D eigenvalue weighted by molar-refractivity contribution is 0.0635. The molecule has 1 atom stereocenters. The summed E-state index contributed by atoms with van der Waals surface area (Å²) in [6.07, 6.45) is 4.12. The molecule has 0 bridgehead atoms. The predicted molar refractivity (Wildman–Crippen MR) is 75.6 cm³/mol. The zero-order valence-electron chi connectivity index (χ0n) is 12.5. The molecule has 0 heterocycles. The molecule has 1 unspecified atom stereocenters. The van der Waals surface area contributed by atoms with Gasteiger partial charge in [0, 0.05) is 12.6 Å². The Labute approximate surface area is 108 Å². The number of hydrogen-bond acceptors (Lipinski definition) is 3. The molecule has 0 aliphatic rings. The minimum absolute atomic E-state index is 0.349. The molecule has 0 aromatic carbocycles. The van der Waals surface area contributed by atoms with Crippen LogP contribution in [0.25, 0.3) is 0 Å². The number of rotatable bonds is 11. The number of nitrogens with one attached hydrogen (secondary N) is 1. The quantitative estimate of drug-likeness (QED) is 0.604. The summed E-state index contributed by atoms with van der Waals surface area (Å²) in [5.74, 6) is 0. The van der Waals surface area contributed by atoms with Gasteiger partial charge in [0.25, 0.3) is 0 Å². The maximum atomic E-state index is 5.55. The molecule has 1 N–H and O–H groups in total. The number of nitrogens with zero attached hydrogens (tertiary/aromatic N) is 1. The molecule has 0 aliphatic heterocycles. The first-order chi connectivity index (χ1) is 8.10. The summed E-state index contributed by atoms with van der Waals surface area (Å²) in [4.78, 5) is 2.36. The van der Waals surface area contributed by atoms with E-state index in [9.17, 15) is 0 Å². The summed E-state index contributed by atoms with van der Waals surface area (Å²) in [5, 5.41) is 3.52. The van der Waals surface area contributed by atoms with Gasteiger partial charge in [0.05, 0.1) is 12.7 Å². The SMILES string of the molecule is CCNC(CC)CCCN(C)CCOC(C)C. The number of hydrogen-bond donors (Lipinski definition) is 1. The topological polar surface area (TPSA) is 24.5 Å². The normalized spacial score (nSPS) is 13.6. The molecule has 3 nitrogen and oxygen atoms in total. The highest BCUT2D eigenvalue weighted by atomic mass is 16.5. The van der Waals surface area contributed by atoms with Gasteiger partial charge in [-0.1, -0.05) is 13.8 Å². The molecule has 0 saturated carbocycles. The molecule has 17 heavy (non-hydrogen) atoms. The minimum Gasteiger partial charge on any atom is -0.377 e. The molecule has 0 rings (SSSR count). The highest BCUT2D eigenvalue weighted by Gasteiger charge is 2.05. The second kappa shape index (κ2) is 11.0. The van der Waals surface area contributed by atoms with Gasteiger partial charge in [-0.15, -0.1) is 0 Å². The van der Waals surface area contributed by atoms with Crippen molar-refractivity contribution in [3.05, 3.63) is 0 Å². The maximum absolute atomic E-state index is 5.55. The van der Waals surface area contributed by atoms with Crippen LogP contribution in [0, 0.1) is 0 Å². The van der Waals surface area contributed by atoms with Crippen LogP contribution in [-0.4, -0.2) is 50.3 Å². The summed E-state index contributed by atoms with van der Waals surface area (Å²) < 4.78 is 5.55. The van der Waals surface area contributed by atoms with Gasteiger partial charge < -0.3 is 15.0 Å². The van der Waals surface area contributed by atoms with Crippen molar-refractivity contribution in [2.45, 2.75) is 59.1 Å². The maximum Gasteiger partial charge on any atom is 0.0596 e. The van der Waals surface area contributed by atoms with E-state index in [1.165, 1.54) is 25.8 Å². The Balaban J connectivity index is 3.45. The van der Waals surface area contributed by atoms with Crippen molar-refractivity contribution >= 4 is 0 Å². The Morgan fingerprint density at radius 2 is 1.88 bits per heavy atom. The zero-order valence-corrected chi connectivity index (χ0v) is 12.5. The third kappa shape index (κ3) is 10.7. The van der Waals surface area contributed by atoms with Crippen LogP contribution in [0.3, 0.4) is 0 Å². The summed E-state index contributed by atoms with van der Waals surface area (Å²) in [7, 11) is 2.18. The molecular formula is C14H32N2O. The second-order valence-corrected chi connectivity index (χ2v) is 5.03. The monoisotopic (exact) mass is 244 g/mol. The third-order valence-electron chi connectivity index (χ3n) is 3.00. The Bertz CT molecular complexity index is 162. The first kappa shape index (κ1) is 16.9. The zero-order chi connectivity index (χ0) is 13.1. The fraction of sp³-hybridized carbons (Fsp3) is 1.00. The van der Waals surface area contributed by atoms with Crippen molar-refractivity contribution in [2.75, 3.05) is 33.3 Å². The first-order valence-electron chi connectivity index (χ1n) is 7.13. The van der Waals surface area contributed by atoms with Gasteiger partial charge in [0.15, 0.2) is 0 Å². The van der Waals surface area contributed by atoms with E-state index in [-0.39, 0.29) is 0 Å². The smallest absolute Gasteiger partial charge is 0.0596 e. The van der Waals surface area contributed by atoms with E-state index >= 15 is 0 Å². The molecule has 0 radical (unpaired) electrons. The van der Waals surface area contributed by atoms with Crippen molar-refractivity contribution in [3.63, 3.8) is 0 Å². The number of ether oxygens (including phenoxy) is 1. The lowest BCUT2D eigenvalue weighted by Gasteiger charge is -2.20. The van der Waals surface area contributed by atoms with Crippen molar-refractivity contribution in [1.82, 2.24) is 10.2 Å². The lowest BCUT2D eigenvalue weighted by atomic mass is 10.1. The van der Waals surface area contributed by atoms with Gasteiger partial charge in [-0.3, -0.25) is 0 Å². The van der Waals surface area contributed by atoms with Crippen LogP contribution in [0.15, 0.2) is 0 Å². The predicted octanol–water partition coefficient (Wildman–Crippen LogP) is 2.51. The molecule has 0 aliphatic carbocycles. The summed E-state index contributed by atoms with van der Waals surface area (Å²) in [6.45, 7) is 12.7. The van der Waals surface area contributed by atoms with Crippen molar-refractivity contribution in [1.29, 1.82) is 0 Å². The van der Waals surface area contributed by atoms with Gasteiger partial charge in [-0.25, -0.2) is 0 Å². The molecule has 104 valence electrons. The fourth-order valence-corrected chi connectivity index (χ4v) is 1.90. The molecule has 0 saturated heterocycles. The van der Waals surface area contributed by atoms with Crippen LogP contribution in [-0.2, 0) is 4.74 Å². The molecule has 3 heteroatoms. The van der Waals surface area contributed by atoms with E-state index < -0.39 is 0 Å². The molecular weight excluding hydrogens is 212 g/mol. The van der Waals surface area contributed by atoms with Gasteiger partial charge in [0.1, 0.15) is 0 Å². The van der Waals surface area contributed by atoms with Crippen molar-refractivity contribution in [2.24, 2.45) is 0 Å². The molecule has 0 aromatic heterocycles. The molecule has 0 aromatic rings. The van der Waals surface area contributed by atoms with E-state index in [0.717, 1.165) is 19.7 Å². The van der Waals surface area contributed by atoms with Crippen LogP contribution < -0.4 is 5.32 Å². The third-order valence-corrected chi connectivity index (χ3v) is 3.00. The van der Waals surface area contributed by atoms with E-state index in [1.54, 1.807) is 0 Å². The highest BCUT2D eigenvalue weighted by molar-refractivity contribution is 4.64. The first-order valence-corrected chi connectivity index (χ1v) is 7.13. The summed E-state index contributed by atoms with van der Waals surface area (Å²) in [6, 6.07) is 0.695. The minimum atomic E-state index is 0.349. The standard InChI is InChI=1S/C14H32N2O/c1-6-14(15-7-2)9-8-10-16(5)11-12-17-13(3)4/h13-15H,6-12H2,1-5H3. The van der Waals surface area contributed by atoms with Gasteiger partial charge in [0.2, 0.25) is 0 Å². The molecule has 0 fully saturated rings. The average molecular weight is 244 g/mol. The van der Waals surface area contributed by atoms with Crippen LogP contribution >= 0.6 is 0 Å². The Hall–Kier alpha value is -0.120. The van der Waals surface area contributed by atoms with Crippen molar-refractivity contribution < 1.29 is 4.74 Å². The Morgan fingerprint density at radius 1 is 1.18 bits per heavy atom. The highest BCUT2D eigenvalue weighted by Crippen LogP contribution is 2.02. The van der Waals surface area contributed by atoms with Gasteiger partial charge in [-0.2, -0.15) is 0 Å². The largest absolute Gasteiger partial charge is 0.377 e.